The number of ether oxygens (including phenoxy) is 1. The van der Waals surface area contributed by atoms with Crippen LogP contribution in [0.5, 0.6) is 5.75 Å². The van der Waals surface area contributed by atoms with Gasteiger partial charge in [0, 0.05) is 74.0 Å². The number of hydrogen-bond donors (Lipinski definition) is 10. The maximum Gasteiger partial charge on any atom is 0.331 e. The molecule has 20 heteroatoms. The number of para-hydroxylation sites is 1. The quantitative estimate of drug-likeness (QED) is 0.0693. The van der Waals surface area contributed by atoms with E-state index in [1.165, 1.54) is 11.9 Å². The number of carboxylic acids is 1. The van der Waals surface area contributed by atoms with E-state index < -0.39 is 83.5 Å². The van der Waals surface area contributed by atoms with Crippen LogP contribution in [0.2, 0.25) is 0 Å². The molecule has 5 amide bonds. The normalized spacial score (nSPS) is 19.2. The van der Waals surface area contributed by atoms with E-state index in [0.717, 1.165) is 39.5 Å². The van der Waals surface area contributed by atoms with Crippen molar-refractivity contribution in [3.05, 3.63) is 146 Å². The van der Waals surface area contributed by atoms with Crippen LogP contribution >= 0.6 is 0 Å². The van der Waals surface area contributed by atoms with E-state index >= 15 is 0 Å². The number of benzene rings is 3. The number of carboxylic acid groups (broad SMARTS) is 1. The van der Waals surface area contributed by atoms with Gasteiger partial charge >= 0.3 is 17.7 Å². The number of phenols is 1. The molecule has 65 heavy (non-hydrogen) atoms. The molecule has 7 atom stereocenters. The number of carbonyl (C=O) groups is 5. The van der Waals surface area contributed by atoms with Gasteiger partial charge in [0.25, 0.3) is 5.56 Å². The Morgan fingerprint density at radius 1 is 0.908 bits per heavy atom. The molecule has 10 N–H and O–H groups in total. The third kappa shape index (κ3) is 10.6. The Bertz CT molecular complexity index is 2730. The first kappa shape index (κ1) is 45.3. The Morgan fingerprint density at radius 3 is 2.40 bits per heavy atom. The van der Waals surface area contributed by atoms with E-state index in [4.69, 9.17) is 4.74 Å². The van der Waals surface area contributed by atoms with Crippen LogP contribution < -0.4 is 37.8 Å². The van der Waals surface area contributed by atoms with Gasteiger partial charge < -0.3 is 56.5 Å². The molecule has 3 aromatic carbocycles. The Balaban J connectivity index is 1.12. The summed E-state index contributed by atoms with van der Waals surface area (Å²) in [4.78, 5) is 99.3. The number of nitrogens with zero attached hydrogens (tertiary/aromatic N) is 2. The predicted molar refractivity (Wildman–Crippen MR) is 234 cm³/mol. The second kappa shape index (κ2) is 19.8. The second-order valence-electron chi connectivity index (χ2n) is 16.0. The summed E-state index contributed by atoms with van der Waals surface area (Å²) in [5.41, 5.74) is 1.99. The minimum Gasteiger partial charge on any atom is -0.508 e. The van der Waals surface area contributed by atoms with Crippen LogP contribution in [0.1, 0.15) is 41.8 Å². The molecule has 7 rings (SSSR count). The zero-order valence-corrected chi connectivity index (χ0v) is 35.3. The minimum atomic E-state index is -1.51. The number of urea groups is 1. The molecule has 0 saturated carbocycles. The number of carbonyl (C=O) groups excluding carboxylic acids is 4. The smallest absolute Gasteiger partial charge is 0.331 e. The Morgan fingerprint density at radius 2 is 1.65 bits per heavy atom. The number of aliphatic hydroxyl groups excluding tert-OH is 1. The summed E-state index contributed by atoms with van der Waals surface area (Å²) in [5, 5.41) is 45.5. The second-order valence-corrected chi connectivity index (χ2v) is 16.0. The van der Waals surface area contributed by atoms with Crippen molar-refractivity contribution in [2.75, 3.05) is 7.05 Å². The topological polar surface area (TPSA) is 289 Å². The summed E-state index contributed by atoms with van der Waals surface area (Å²) in [7, 11) is 1.47. The predicted octanol–water partition coefficient (Wildman–Crippen LogP) is 0.614. The van der Waals surface area contributed by atoms with Gasteiger partial charge in [0.15, 0.2) is 0 Å². The molecular formula is C45H49N9O11. The lowest BCUT2D eigenvalue weighted by atomic mass is 9.94. The summed E-state index contributed by atoms with van der Waals surface area (Å²) >= 11 is 0. The number of aliphatic hydroxyl groups is 1. The fourth-order valence-corrected chi connectivity index (χ4v) is 7.97. The zero-order valence-electron chi connectivity index (χ0n) is 35.3. The van der Waals surface area contributed by atoms with Gasteiger partial charge in [0.05, 0.1) is 12.1 Å². The zero-order chi connectivity index (χ0) is 46.4. The first-order valence-corrected chi connectivity index (χ1v) is 20.8. The van der Waals surface area contributed by atoms with E-state index in [-0.39, 0.29) is 43.7 Å². The van der Waals surface area contributed by atoms with Crippen LogP contribution in [0, 0.1) is 0 Å². The monoisotopic (exact) mass is 891 g/mol. The van der Waals surface area contributed by atoms with Crippen molar-refractivity contribution < 1.29 is 44.0 Å². The third-order valence-electron chi connectivity index (χ3n) is 11.6. The van der Waals surface area contributed by atoms with Crippen molar-refractivity contribution >= 4 is 40.6 Å². The van der Waals surface area contributed by atoms with Crippen LogP contribution in [0.25, 0.3) is 10.9 Å². The molecule has 1 fully saturated rings. The van der Waals surface area contributed by atoms with Gasteiger partial charge in [-0.3, -0.25) is 28.7 Å². The summed E-state index contributed by atoms with van der Waals surface area (Å²) < 4.78 is 6.75. The SMILES string of the molecule is C[C@@H]([C@H](NC(=O)[C@H](Cc1ccccc1)NC(=O)N[C@@H](Cc1c[nH]c2ccccc12)C(=O)O)C(=O)N/C=C1/C[C@@H](O)[C@H](n2ccc(=O)[nH]c2=O)O1)N(C)C(=O)C1Cc2cccc(O)c2CN1. The number of H-pyrrole nitrogens is 2. The van der Waals surface area contributed by atoms with Crippen molar-refractivity contribution in [2.24, 2.45) is 0 Å². The average Bonchev–Trinajstić information content (AvgIpc) is 3.88. The molecule has 4 heterocycles. The summed E-state index contributed by atoms with van der Waals surface area (Å²) in [6.45, 7) is 1.74. The molecule has 0 radical (unpaired) electrons. The number of aromatic nitrogens is 3. The number of phenolic OH excluding ortho intramolecular Hbond substituents is 1. The van der Waals surface area contributed by atoms with Crippen molar-refractivity contribution in [3.8, 4) is 5.75 Å². The highest BCUT2D eigenvalue weighted by molar-refractivity contribution is 5.94. The third-order valence-corrected chi connectivity index (χ3v) is 11.6. The minimum absolute atomic E-state index is 0.0466. The van der Waals surface area contributed by atoms with Crippen LogP contribution in [0.3, 0.4) is 0 Å². The fraction of sp³-hybridized carbons (Fsp3) is 0.311. The number of nitrogens with one attached hydrogen (secondary N) is 7. The van der Waals surface area contributed by atoms with Crippen LogP contribution in [-0.4, -0.2) is 108 Å². The maximum absolute atomic E-state index is 14.4. The lowest BCUT2D eigenvalue weighted by Crippen LogP contribution is -2.63. The average molecular weight is 892 g/mol. The molecule has 5 aromatic rings. The number of rotatable bonds is 15. The molecule has 340 valence electrons. The van der Waals surface area contributed by atoms with E-state index in [9.17, 15) is 48.9 Å². The van der Waals surface area contributed by atoms with E-state index in [0.29, 0.717) is 16.7 Å². The molecule has 0 bridgehead atoms. The molecule has 0 aliphatic carbocycles. The molecule has 1 saturated heterocycles. The molecule has 2 aliphatic rings. The number of aromatic amines is 2. The summed E-state index contributed by atoms with van der Waals surface area (Å²) in [5.74, 6) is -3.29. The number of amides is 5. The fourth-order valence-electron chi connectivity index (χ4n) is 7.97. The van der Waals surface area contributed by atoms with Gasteiger partial charge in [-0.15, -0.1) is 0 Å². The van der Waals surface area contributed by atoms with Crippen molar-refractivity contribution in [3.63, 3.8) is 0 Å². The summed E-state index contributed by atoms with van der Waals surface area (Å²) in [6.07, 6.45) is 1.38. The van der Waals surface area contributed by atoms with E-state index in [1.54, 1.807) is 61.7 Å². The van der Waals surface area contributed by atoms with Gasteiger partial charge in [-0.1, -0.05) is 60.7 Å². The van der Waals surface area contributed by atoms with Crippen LogP contribution in [0.4, 0.5) is 4.79 Å². The van der Waals surface area contributed by atoms with Crippen molar-refractivity contribution in [1.82, 2.24) is 46.0 Å². The number of hydrogen-bond acceptors (Lipinski definition) is 11. The van der Waals surface area contributed by atoms with Gasteiger partial charge in [-0.2, -0.15) is 0 Å². The van der Waals surface area contributed by atoms with Crippen molar-refractivity contribution in [2.45, 2.75) is 81.7 Å². The van der Waals surface area contributed by atoms with Gasteiger partial charge in [0.2, 0.25) is 23.9 Å². The standard InChI is InChI=1S/C45H49N9O11/c1-24(53(2)41(60)33-18-26-11-8-14-35(55)30(26)23-47-33)38(40(59)48-22-28-20-36(56)42(65-28)54-16-15-37(57)51-45(54)64)52-39(58)32(17-25-9-4-3-5-10-25)49-44(63)50-34(43(61)62)19-27-21-46-31-13-7-6-12-29(27)31/h3-16,21-22,24,32-34,36,38,42,46-47,55-56H,17-20,23H2,1-2H3,(H,48,59)(H,52,58)(H,61,62)(H2,49,50,63)(H,51,57,64)/b28-22-/t24-,32-,33?,34-,36+,38-,42+/m0/s1. The van der Waals surface area contributed by atoms with E-state index in [2.05, 4.69) is 36.6 Å². The van der Waals surface area contributed by atoms with Crippen LogP contribution in [-0.2, 0) is 49.7 Å². The molecule has 2 aromatic heterocycles. The summed E-state index contributed by atoms with van der Waals surface area (Å²) in [6, 6.07) is 15.0. The Hall–Kier alpha value is -7.71. The number of aromatic hydroxyl groups is 1. The highest BCUT2D eigenvalue weighted by atomic mass is 16.5. The Kier molecular flexibility index (Phi) is 13.8. The van der Waals surface area contributed by atoms with Gasteiger partial charge in [-0.05, 0) is 42.2 Å². The molecular weight excluding hydrogens is 843 g/mol. The molecule has 20 nitrogen and oxygen atoms in total. The van der Waals surface area contributed by atoms with Gasteiger partial charge in [0.1, 0.15) is 35.7 Å². The number of fused-ring (bicyclic) bond motifs is 2. The molecule has 2 aliphatic heterocycles. The van der Waals surface area contributed by atoms with Crippen LogP contribution in [0.15, 0.2) is 113 Å². The van der Waals surface area contributed by atoms with Gasteiger partial charge in [-0.25, -0.2) is 14.4 Å². The highest BCUT2D eigenvalue weighted by Crippen LogP contribution is 2.30. The number of likely N-dealkylation sites (N-methyl/N-ethyl adjacent to an activating group) is 1. The largest absolute Gasteiger partial charge is 0.508 e. The first-order valence-electron chi connectivity index (χ1n) is 20.8. The maximum atomic E-state index is 14.4. The Labute approximate surface area is 370 Å². The molecule has 0 spiro atoms. The number of aliphatic carboxylic acids is 1. The lowest BCUT2D eigenvalue weighted by molar-refractivity contribution is -0.139. The first-order chi connectivity index (χ1) is 31.2. The van der Waals surface area contributed by atoms with Crippen molar-refractivity contribution in [1.29, 1.82) is 0 Å². The highest BCUT2D eigenvalue weighted by Gasteiger charge is 2.38. The lowest BCUT2D eigenvalue weighted by Gasteiger charge is -2.36. The van der Waals surface area contributed by atoms with E-state index in [1.807, 2.05) is 24.3 Å². The molecule has 1 unspecified atom stereocenters.